The Bertz CT molecular complexity index is 949. The molecule has 3 N–H and O–H groups in total. The second kappa shape index (κ2) is 8.34. The van der Waals surface area contributed by atoms with Gasteiger partial charge in [0.05, 0.1) is 17.7 Å². The molecule has 0 aromatic heterocycles. The van der Waals surface area contributed by atoms with Crippen LogP contribution < -0.4 is 11.1 Å². The van der Waals surface area contributed by atoms with Gasteiger partial charge in [0.15, 0.2) is 5.78 Å². The second-order valence-corrected chi connectivity index (χ2v) is 6.86. The van der Waals surface area contributed by atoms with Crippen LogP contribution >= 0.6 is 11.6 Å². The van der Waals surface area contributed by atoms with Gasteiger partial charge in [0.25, 0.3) is 0 Å². The SMILES string of the molecule is N#Cc1ccc(C(N)C2=C(Nc3cccc(CF)c3)CCCC2=O)c(Cl)c1. The maximum absolute atomic E-state index is 12.9. The number of ketones is 1. The van der Waals surface area contributed by atoms with Gasteiger partial charge in [-0.25, -0.2) is 4.39 Å². The Morgan fingerprint density at radius 3 is 2.78 bits per heavy atom. The maximum atomic E-state index is 12.9. The Kier molecular flexibility index (Phi) is 5.90. The van der Waals surface area contributed by atoms with Gasteiger partial charge in [-0.3, -0.25) is 4.79 Å². The number of nitrogens with two attached hydrogens (primary N) is 1. The number of Topliss-reactive ketones (excluding diaryl/α,β-unsaturated/α-hetero) is 1. The van der Waals surface area contributed by atoms with Crippen LogP contribution in [0.25, 0.3) is 0 Å². The summed E-state index contributed by atoms with van der Waals surface area (Å²) in [6.07, 6.45) is 1.82. The van der Waals surface area contributed by atoms with E-state index in [1.807, 2.05) is 12.1 Å². The van der Waals surface area contributed by atoms with Gasteiger partial charge in [-0.2, -0.15) is 5.26 Å². The normalized spacial score (nSPS) is 15.4. The minimum Gasteiger partial charge on any atom is -0.358 e. The highest BCUT2D eigenvalue weighted by Gasteiger charge is 2.28. The molecule has 0 radical (unpaired) electrons. The van der Waals surface area contributed by atoms with Crippen LogP contribution in [0.2, 0.25) is 5.02 Å². The predicted octanol–water partition coefficient (Wildman–Crippen LogP) is 4.80. The molecule has 0 saturated carbocycles. The van der Waals surface area contributed by atoms with Crippen molar-refractivity contribution in [2.75, 3.05) is 5.32 Å². The molecular weight excluding hydrogens is 365 g/mol. The fourth-order valence-corrected chi connectivity index (χ4v) is 3.56. The molecule has 2 aromatic rings. The van der Waals surface area contributed by atoms with E-state index in [9.17, 15) is 9.18 Å². The Morgan fingerprint density at radius 1 is 1.26 bits per heavy atom. The molecule has 27 heavy (non-hydrogen) atoms. The van der Waals surface area contributed by atoms with Crippen LogP contribution in [0, 0.1) is 11.3 Å². The molecule has 0 heterocycles. The van der Waals surface area contributed by atoms with Crippen LogP contribution in [-0.2, 0) is 11.5 Å². The first-order chi connectivity index (χ1) is 13.0. The zero-order valence-electron chi connectivity index (χ0n) is 14.6. The number of carbonyl (C=O) groups is 1. The van der Waals surface area contributed by atoms with E-state index in [1.54, 1.807) is 36.4 Å². The number of halogens is 2. The van der Waals surface area contributed by atoms with Gasteiger partial charge in [0.2, 0.25) is 0 Å². The number of benzene rings is 2. The van der Waals surface area contributed by atoms with Crippen LogP contribution in [0.1, 0.15) is 42.0 Å². The average molecular weight is 384 g/mol. The summed E-state index contributed by atoms with van der Waals surface area (Å²) >= 11 is 6.29. The molecule has 0 spiro atoms. The third kappa shape index (κ3) is 4.19. The molecule has 1 aliphatic carbocycles. The number of hydrogen-bond acceptors (Lipinski definition) is 4. The average Bonchev–Trinajstić information content (AvgIpc) is 2.67. The fraction of sp³-hybridized carbons (Fsp3) is 0.238. The summed E-state index contributed by atoms with van der Waals surface area (Å²) in [7, 11) is 0. The van der Waals surface area contributed by atoms with Crippen molar-refractivity contribution in [2.45, 2.75) is 32.0 Å². The highest BCUT2D eigenvalue weighted by molar-refractivity contribution is 6.31. The van der Waals surface area contributed by atoms with Crippen molar-refractivity contribution in [1.29, 1.82) is 5.26 Å². The summed E-state index contributed by atoms with van der Waals surface area (Å²) in [4.78, 5) is 12.6. The van der Waals surface area contributed by atoms with Crippen molar-refractivity contribution in [1.82, 2.24) is 0 Å². The summed E-state index contributed by atoms with van der Waals surface area (Å²) in [5.41, 5.74) is 9.92. The summed E-state index contributed by atoms with van der Waals surface area (Å²) in [5.74, 6) is -0.0293. The van der Waals surface area contributed by atoms with E-state index in [-0.39, 0.29) is 5.78 Å². The molecule has 1 aliphatic rings. The standard InChI is InChI=1S/C21H19ClFN3O/c22-17-10-14(12-24)7-8-16(17)21(25)20-18(5-2-6-19(20)27)26-15-4-1-3-13(9-15)11-23/h1,3-4,7-10,21,26H,2,5-6,11,25H2. The van der Waals surface area contributed by atoms with Crippen molar-refractivity contribution >= 4 is 23.1 Å². The van der Waals surface area contributed by atoms with Gasteiger partial charge in [-0.15, -0.1) is 0 Å². The molecule has 6 heteroatoms. The third-order valence-corrected chi connectivity index (χ3v) is 4.94. The Hall–Kier alpha value is -2.68. The largest absolute Gasteiger partial charge is 0.358 e. The Morgan fingerprint density at radius 2 is 2.07 bits per heavy atom. The molecule has 4 nitrogen and oxygen atoms in total. The number of anilines is 1. The van der Waals surface area contributed by atoms with E-state index >= 15 is 0 Å². The Balaban J connectivity index is 1.99. The Labute approximate surface area is 162 Å². The summed E-state index contributed by atoms with van der Waals surface area (Å²) in [6.45, 7) is -0.555. The van der Waals surface area contributed by atoms with Gasteiger partial charge in [-0.1, -0.05) is 29.8 Å². The first-order valence-corrected chi connectivity index (χ1v) is 9.04. The lowest BCUT2D eigenvalue weighted by Gasteiger charge is -2.26. The van der Waals surface area contributed by atoms with Crippen molar-refractivity contribution in [3.05, 3.63) is 75.4 Å². The van der Waals surface area contributed by atoms with E-state index in [0.29, 0.717) is 45.8 Å². The predicted molar refractivity (Wildman–Crippen MR) is 104 cm³/mol. The van der Waals surface area contributed by atoms with Crippen LogP contribution in [0.4, 0.5) is 10.1 Å². The number of rotatable bonds is 5. The summed E-state index contributed by atoms with van der Waals surface area (Å²) in [6, 6.07) is 13.2. The fourth-order valence-electron chi connectivity index (χ4n) is 3.27. The molecule has 0 bridgehead atoms. The first kappa shape index (κ1) is 19.1. The summed E-state index contributed by atoms with van der Waals surface area (Å²) in [5, 5.41) is 12.6. The number of allylic oxidation sites excluding steroid dienone is 1. The van der Waals surface area contributed by atoms with Crippen LogP contribution in [-0.4, -0.2) is 5.78 Å². The number of nitrogens with one attached hydrogen (secondary N) is 1. The third-order valence-electron chi connectivity index (χ3n) is 4.61. The molecule has 0 fully saturated rings. The number of alkyl halides is 1. The number of nitriles is 1. The molecule has 1 atom stereocenters. The van der Waals surface area contributed by atoms with Crippen molar-refractivity contribution in [2.24, 2.45) is 5.73 Å². The lowest BCUT2D eigenvalue weighted by atomic mass is 9.86. The van der Waals surface area contributed by atoms with Gasteiger partial charge >= 0.3 is 0 Å². The maximum Gasteiger partial charge on any atom is 0.162 e. The van der Waals surface area contributed by atoms with Crippen LogP contribution in [0.3, 0.4) is 0 Å². The van der Waals surface area contributed by atoms with Crippen molar-refractivity contribution in [3.63, 3.8) is 0 Å². The molecule has 2 aromatic carbocycles. The van der Waals surface area contributed by atoms with E-state index in [1.165, 1.54) is 0 Å². The molecule has 3 rings (SSSR count). The minimum absolute atomic E-state index is 0.0293. The topological polar surface area (TPSA) is 78.9 Å². The van der Waals surface area contributed by atoms with Crippen LogP contribution in [0.15, 0.2) is 53.7 Å². The molecule has 0 amide bonds. The molecular formula is C21H19ClFN3O. The highest BCUT2D eigenvalue weighted by atomic mass is 35.5. The molecule has 1 unspecified atom stereocenters. The van der Waals surface area contributed by atoms with Crippen molar-refractivity contribution in [3.8, 4) is 6.07 Å². The van der Waals surface area contributed by atoms with Crippen molar-refractivity contribution < 1.29 is 9.18 Å². The smallest absolute Gasteiger partial charge is 0.162 e. The second-order valence-electron chi connectivity index (χ2n) is 6.45. The van der Waals surface area contributed by atoms with E-state index in [0.717, 1.165) is 12.1 Å². The minimum atomic E-state index is -0.704. The molecule has 138 valence electrons. The number of nitrogens with zero attached hydrogens (tertiary/aromatic N) is 1. The quantitative estimate of drug-likeness (QED) is 0.777. The monoisotopic (exact) mass is 383 g/mol. The zero-order valence-corrected chi connectivity index (χ0v) is 15.4. The first-order valence-electron chi connectivity index (χ1n) is 8.66. The van der Waals surface area contributed by atoms with Gasteiger partial charge < -0.3 is 11.1 Å². The van der Waals surface area contributed by atoms with Gasteiger partial charge in [-0.05, 0) is 48.2 Å². The lowest BCUT2D eigenvalue weighted by molar-refractivity contribution is -0.116. The number of hydrogen-bond donors (Lipinski definition) is 2. The van der Waals surface area contributed by atoms with Crippen LogP contribution in [0.5, 0.6) is 0 Å². The summed E-state index contributed by atoms with van der Waals surface area (Å²) < 4.78 is 12.9. The van der Waals surface area contributed by atoms with E-state index < -0.39 is 12.7 Å². The molecule has 0 aliphatic heterocycles. The number of carbonyl (C=O) groups excluding carboxylic acids is 1. The molecule has 0 saturated heterocycles. The highest BCUT2D eigenvalue weighted by Crippen LogP contribution is 2.34. The zero-order chi connectivity index (χ0) is 19.4. The van der Waals surface area contributed by atoms with Gasteiger partial charge in [0.1, 0.15) is 6.67 Å². The lowest BCUT2D eigenvalue weighted by Crippen LogP contribution is -2.26. The van der Waals surface area contributed by atoms with Gasteiger partial charge in [0, 0.05) is 28.4 Å². The van der Waals surface area contributed by atoms with E-state index in [2.05, 4.69) is 5.32 Å². The van der Waals surface area contributed by atoms with E-state index in [4.69, 9.17) is 22.6 Å².